The summed E-state index contributed by atoms with van der Waals surface area (Å²) in [5.41, 5.74) is -0.204. The number of likely N-dealkylation sites (tertiary alicyclic amines) is 1. The number of hydrogen-bond donors (Lipinski definition) is 1. The van der Waals surface area contributed by atoms with E-state index in [1.165, 1.54) is 7.11 Å². The van der Waals surface area contributed by atoms with Gasteiger partial charge >= 0.3 is 0 Å². The van der Waals surface area contributed by atoms with E-state index in [1.807, 2.05) is 0 Å². The average molecular weight is 410 g/mol. The van der Waals surface area contributed by atoms with E-state index < -0.39 is 5.60 Å². The summed E-state index contributed by atoms with van der Waals surface area (Å²) in [5.74, 6) is 0.428. The van der Waals surface area contributed by atoms with E-state index in [4.69, 9.17) is 16.3 Å². The van der Waals surface area contributed by atoms with E-state index in [0.717, 1.165) is 3.57 Å². The third-order valence-corrected chi connectivity index (χ3v) is 5.12. The van der Waals surface area contributed by atoms with Gasteiger partial charge in [0.1, 0.15) is 5.75 Å². The number of benzene rings is 1. The van der Waals surface area contributed by atoms with Crippen LogP contribution in [-0.2, 0) is 0 Å². The van der Waals surface area contributed by atoms with Crippen molar-refractivity contribution in [3.8, 4) is 5.75 Å². The zero-order chi connectivity index (χ0) is 14.9. The Morgan fingerprint density at radius 1 is 1.45 bits per heavy atom. The van der Waals surface area contributed by atoms with Gasteiger partial charge in [-0.15, -0.1) is 0 Å². The van der Waals surface area contributed by atoms with Crippen LogP contribution >= 0.6 is 34.2 Å². The summed E-state index contributed by atoms with van der Waals surface area (Å²) in [6.45, 7) is 2.88. The van der Waals surface area contributed by atoms with Crippen molar-refractivity contribution in [3.05, 3.63) is 26.3 Å². The van der Waals surface area contributed by atoms with Crippen LogP contribution in [0, 0.1) is 3.57 Å². The number of carbonyl (C=O) groups is 1. The second kappa shape index (κ2) is 6.07. The number of nitrogens with zero attached hydrogens (tertiary/aromatic N) is 1. The maximum absolute atomic E-state index is 12.6. The standard InChI is InChI=1S/C14H17ClINO3/c1-14(19)3-5-17(6-4-14)13(18)9-7-10(15)11(16)8-12(9)20-2/h7-8,19H,3-6H2,1-2H3. The summed E-state index contributed by atoms with van der Waals surface area (Å²) in [4.78, 5) is 14.3. The molecule has 1 N–H and O–H groups in total. The first-order chi connectivity index (χ1) is 9.34. The van der Waals surface area contributed by atoms with Gasteiger partial charge in [0.15, 0.2) is 0 Å². The first-order valence-corrected chi connectivity index (χ1v) is 7.84. The number of methoxy groups -OCH3 is 1. The Balaban J connectivity index is 2.23. The van der Waals surface area contributed by atoms with Crippen LogP contribution in [0.25, 0.3) is 0 Å². The highest BCUT2D eigenvalue weighted by atomic mass is 127. The van der Waals surface area contributed by atoms with Crippen molar-refractivity contribution >= 4 is 40.1 Å². The number of carbonyl (C=O) groups excluding carboxylic acids is 1. The molecular weight excluding hydrogens is 393 g/mol. The zero-order valence-corrected chi connectivity index (χ0v) is 14.4. The van der Waals surface area contributed by atoms with Crippen molar-refractivity contribution in [2.24, 2.45) is 0 Å². The number of piperidine rings is 1. The number of rotatable bonds is 2. The predicted molar refractivity (Wildman–Crippen MR) is 86.5 cm³/mol. The van der Waals surface area contributed by atoms with Gasteiger partial charge in [-0.1, -0.05) is 11.6 Å². The van der Waals surface area contributed by atoms with Crippen molar-refractivity contribution in [1.29, 1.82) is 0 Å². The summed E-state index contributed by atoms with van der Waals surface area (Å²) in [5, 5.41) is 10.5. The Labute approximate surface area is 137 Å². The first-order valence-electron chi connectivity index (χ1n) is 6.39. The zero-order valence-electron chi connectivity index (χ0n) is 11.4. The van der Waals surface area contributed by atoms with Crippen LogP contribution in [0.2, 0.25) is 5.02 Å². The second-order valence-electron chi connectivity index (χ2n) is 5.26. The molecule has 1 aliphatic heterocycles. The predicted octanol–water partition coefficient (Wildman–Crippen LogP) is 2.94. The van der Waals surface area contributed by atoms with Crippen molar-refractivity contribution in [2.45, 2.75) is 25.4 Å². The van der Waals surface area contributed by atoms with E-state index in [-0.39, 0.29) is 5.91 Å². The summed E-state index contributed by atoms with van der Waals surface area (Å²) in [6, 6.07) is 3.41. The van der Waals surface area contributed by atoms with Crippen LogP contribution in [0.1, 0.15) is 30.1 Å². The molecule has 0 aliphatic carbocycles. The van der Waals surface area contributed by atoms with Crippen LogP contribution in [0.3, 0.4) is 0 Å². The molecule has 110 valence electrons. The minimum atomic E-state index is -0.676. The van der Waals surface area contributed by atoms with E-state index in [0.29, 0.717) is 42.3 Å². The van der Waals surface area contributed by atoms with Crippen LogP contribution in [-0.4, -0.2) is 41.7 Å². The lowest BCUT2D eigenvalue weighted by Gasteiger charge is -2.36. The summed E-state index contributed by atoms with van der Waals surface area (Å²) < 4.78 is 6.12. The quantitative estimate of drug-likeness (QED) is 0.764. The van der Waals surface area contributed by atoms with Gasteiger partial charge in [0.25, 0.3) is 5.91 Å². The normalized spacial score (nSPS) is 17.9. The fourth-order valence-corrected chi connectivity index (χ4v) is 2.83. The van der Waals surface area contributed by atoms with Crippen LogP contribution in [0.15, 0.2) is 12.1 Å². The van der Waals surface area contributed by atoms with Gasteiger partial charge in [-0.2, -0.15) is 0 Å². The molecule has 4 nitrogen and oxygen atoms in total. The van der Waals surface area contributed by atoms with Crippen molar-refractivity contribution in [1.82, 2.24) is 4.90 Å². The van der Waals surface area contributed by atoms with Gasteiger partial charge in [-0.05, 0) is 54.5 Å². The van der Waals surface area contributed by atoms with E-state index >= 15 is 0 Å². The summed E-state index contributed by atoms with van der Waals surface area (Å²) in [7, 11) is 1.54. The number of amides is 1. The van der Waals surface area contributed by atoms with Crippen molar-refractivity contribution in [3.63, 3.8) is 0 Å². The van der Waals surface area contributed by atoms with Gasteiger partial charge in [0.05, 0.1) is 23.3 Å². The lowest BCUT2D eigenvalue weighted by molar-refractivity contribution is -0.00209. The summed E-state index contributed by atoms with van der Waals surface area (Å²) in [6.07, 6.45) is 1.16. The monoisotopic (exact) mass is 409 g/mol. The fourth-order valence-electron chi connectivity index (χ4n) is 2.23. The highest BCUT2D eigenvalue weighted by molar-refractivity contribution is 14.1. The molecule has 1 heterocycles. The highest BCUT2D eigenvalue weighted by Crippen LogP contribution is 2.30. The second-order valence-corrected chi connectivity index (χ2v) is 6.83. The molecule has 1 aromatic carbocycles. The molecule has 0 radical (unpaired) electrons. The van der Waals surface area contributed by atoms with E-state index in [2.05, 4.69) is 22.6 Å². The molecule has 1 aromatic rings. The minimum Gasteiger partial charge on any atom is -0.496 e. The molecule has 0 saturated carbocycles. The molecule has 0 bridgehead atoms. The Hall–Kier alpha value is -0.530. The lowest BCUT2D eigenvalue weighted by Crippen LogP contribution is -2.45. The molecule has 0 aromatic heterocycles. The summed E-state index contributed by atoms with van der Waals surface area (Å²) >= 11 is 8.20. The number of ether oxygens (including phenoxy) is 1. The minimum absolute atomic E-state index is 0.101. The maximum atomic E-state index is 12.6. The molecule has 1 saturated heterocycles. The Kier molecular flexibility index (Phi) is 4.81. The van der Waals surface area contributed by atoms with Gasteiger partial charge in [0, 0.05) is 16.7 Å². The van der Waals surface area contributed by atoms with Crippen molar-refractivity contribution in [2.75, 3.05) is 20.2 Å². The molecule has 1 amide bonds. The Bertz CT molecular complexity index is 523. The third kappa shape index (κ3) is 3.38. The molecule has 6 heteroatoms. The maximum Gasteiger partial charge on any atom is 0.257 e. The molecule has 2 rings (SSSR count). The Morgan fingerprint density at radius 3 is 2.60 bits per heavy atom. The smallest absolute Gasteiger partial charge is 0.257 e. The number of aliphatic hydroxyl groups is 1. The number of halogens is 2. The van der Waals surface area contributed by atoms with Gasteiger partial charge in [0.2, 0.25) is 0 Å². The van der Waals surface area contributed by atoms with Gasteiger partial charge in [-0.3, -0.25) is 4.79 Å². The largest absolute Gasteiger partial charge is 0.496 e. The molecule has 0 spiro atoms. The van der Waals surface area contributed by atoms with Crippen LogP contribution < -0.4 is 4.74 Å². The van der Waals surface area contributed by atoms with Crippen molar-refractivity contribution < 1.29 is 14.6 Å². The fraction of sp³-hybridized carbons (Fsp3) is 0.500. The first kappa shape index (κ1) is 15.9. The third-order valence-electron chi connectivity index (χ3n) is 3.60. The molecule has 0 unspecified atom stereocenters. The average Bonchev–Trinajstić information content (AvgIpc) is 2.40. The SMILES string of the molecule is COc1cc(I)c(Cl)cc1C(=O)N1CCC(C)(O)CC1. The molecule has 1 fully saturated rings. The topological polar surface area (TPSA) is 49.8 Å². The van der Waals surface area contributed by atoms with Crippen LogP contribution in [0.5, 0.6) is 5.75 Å². The molecule has 20 heavy (non-hydrogen) atoms. The van der Waals surface area contributed by atoms with E-state index in [1.54, 1.807) is 24.0 Å². The molecular formula is C14H17ClINO3. The highest BCUT2D eigenvalue weighted by Gasteiger charge is 2.31. The van der Waals surface area contributed by atoms with Gasteiger partial charge in [-0.25, -0.2) is 0 Å². The molecule has 0 atom stereocenters. The number of hydrogen-bond acceptors (Lipinski definition) is 3. The molecule has 1 aliphatic rings. The Morgan fingerprint density at radius 2 is 2.05 bits per heavy atom. The van der Waals surface area contributed by atoms with Crippen LogP contribution in [0.4, 0.5) is 0 Å². The lowest BCUT2D eigenvalue weighted by atomic mass is 9.93. The van der Waals surface area contributed by atoms with E-state index in [9.17, 15) is 9.90 Å². The van der Waals surface area contributed by atoms with Gasteiger partial charge < -0.3 is 14.7 Å².